The van der Waals surface area contributed by atoms with Crippen LogP contribution in [0.3, 0.4) is 0 Å². The Labute approximate surface area is 123 Å². The number of nitrogens with zero attached hydrogens (tertiary/aromatic N) is 4. The Bertz CT molecular complexity index is 602. The fourth-order valence-corrected chi connectivity index (χ4v) is 2.81. The molecule has 1 aromatic heterocycles. The molecule has 1 fully saturated rings. The van der Waals surface area contributed by atoms with Gasteiger partial charge in [0, 0.05) is 13.1 Å². The van der Waals surface area contributed by atoms with E-state index in [1.807, 2.05) is 11.0 Å². The normalized spacial score (nSPS) is 16.1. The summed E-state index contributed by atoms with van der Waals surface area (Å²) in [6.45, 7) is 1.80. The minimum Gasteiger partial charge on any atom is -0.367 e. The fraction of sp³-hybridized carbons (Fsp3) is 0.400. The number of piperidine rings is 1. The number of carbonyl (C=O) groups excluding carboxylic acids is 1. The van der Waals surface area contributed by atoms with Crippen LogP contribution in [0.15, 0.2) is 36.7 Å². The number of likely N-dealkylation sites (tertiary alicyclic amines) is 1. The molecule has 1 saturated heterocycles. The van der Waals surface area contributed by atoms with Gasteiger partial charge in [-0.2, -0.15) is 0 Å². The molecule has 0 radical (unpaired) electrons. The van der Waals surface area contributed by atoms with E-state index < -0.39 is 0 Å². The summed E-state index contributed by atoms with van der Waals surface area (Å²) >= 11 is 0. The van der Waals surface area contributed by atoms with E-state index in [0.29, 0.717) is 5.92 Å². The third-order valence-corrected chi connectivity index (χ3v) is 3.97. The van der Waals surface area contributed by atoms with Crippen molar-refractivity contribution in [1.82, 2.24) is 19.7 Å². The van der Waals surface area contributed by atoms with Gasteiger partial charge in [0.1, 0.15) is 12.9 Å². The first-order chi connectivity index (χ1) is 10.2. The fourth-order valence-electron chi connectivity index (χ4n) is 2.81. The van der Waals surface area contributed by atoms with Crippen molar-refractivity contribution in [2.24, 2.45) is 0 Å². The van der Waals surface area contributed by atoms with Crippen molar-refractivity contribution in [1.29, 1.82) is 0 Å². The van der Waals surface area contributed by atoms with Gasteiger partial charge in [-0.05, 0) is 24.3 Å². The molecule has 2 heterocycles. The molecule has 6 heteroatoms. The Kier molecular flexibility index (Phi) is 3.85. The number of nitrogens with two attached hydrogens (primary N) is 1. The highest BCUT2D eigenvalue weighted by Gasteiger charge is 2.23. The van der Waals surface area contributed by atoms with Gasteiger partial charge < -0.3 is 10.6 Å². The Morgan fingerprint density at radius 3 is 2.57 bits per heavy atom. The highest BCUT2D eigenvalue weighted by atomic mass is 16.2. The largest absolute Gasteiger partial charge is 0.367 e. The van der Waals surface area contributed by atoms with Crippen LogP contribution < -0.4 is 5.73 Å². The zero-order valence-corrected chi connectivity index (χ0v) is 11.9. The van der Waals surface area contributed by atoms with E-state index in [0.717, 1.165) is 25.9 Å². The molecule has 0 bridgehead atoms. The highest BCUT2D eigenvalue weighted by Crippen LogP contribution is 2.27. The van der Waals surface area contributed by atoms with Crippen LogP contribution in [0.2, 0.25) is 0 Å². The number of benzene rings is 1. The lowest BCUT2D eigenvalue weighted by molar-refractivity contribution is -0.133. The molecule has 0 unspecified atom stereocenters. The third-order valence-electron chi connectivity index (χ3n) is 3.97. The predicted octanol–water partition coefficient (Wildman–Crippen LogP) is 1.27. The average molecular weight is 285 g/mol. The summed E-state index contributed by atoms with van der Waals surface area (Å²) in [4.78, 5) is 17.9. The second kappa shape index (κ2) is 5.95. The Morgan fingerprint density at radius 2 is 1.95 bits per heavy atom. The SMILES string of the molecule is Nc1ncn(CC(=O)N2CCC(c3ccccc3)CC2)n1. The second-order valence-corrected chi connectivity index (χ2v) is 5.37. The molecule has 1 aliphatic heterocycles. The number of hydrogen-bond acceptors (Lipinski definition) is 4. The molecule has 1 amide bonds. The average Bonchev–Trinajstić information content (AvgIpc) is 2.93. The van der Waals surface area contributed by atoms with Crippen molar-refractivity contribution in [3.8, 4) is 0 Å². The van der Waals surface area contributed by atoms with Crippen molar-refractivity contribution in [3.05, 3.63) is 42.2 Å². The lowest BCUT2D eigenvalue weighted by Crippen LogP contribution is -2.39. The maximum absolute atomic E-state index is 12.2. The van der Waals surface area contributed by atoms with E-state index in [4.69, 9.17) is 5.73 Å². The highest BCUT2D eigenvalue weighted by molar-refractivity contribution is 5.76. The standard InChI is InChI=1S/C15H19N5O/c16-15-17-11-20(18-15)10-14(21)19-8-6-13(7-9-19)12-4-2-1-3-5-12/h1-5,11,13H,6-10H2,(H2,16,18). The summed E-state index contributed by atoms with van der Waals surface area (Å²) in [6, 6.07) is 10.5. The first-order valence-corrected chi connectivity index (χ1v) is 7.20. The van der Waals surface area contributed by atoms with Crippen LogP contribution >= 0.6 is 0 Å². The monoisotopic (exact) mass is 285 g/mol. The molecule has 0 saturated carbocycles. The summed E-state index contributed by atoms with van der Waals surface area (Å²) in [7, 11) is 0. The van der Waals surface area contributed by atoms with Crippen LogP contribution in [-0.2, 0) is 11.3 Å². The van der Waals surface area contributed by atoms with Crippen LogP contribution in [0.4, 0.5) is 5.95 Å². The van der Waals surface area contributed by atoms with Crippen molar-refractivity contribution < 1.29 is 4.79 Å². The molecule has 2 N–H and O–H groups in total. The molecule has 1 aromatic carbocycles. The molecule has 1 aliphatic rings. The summed E-state index contributed by atoms with van der Waals surface area (Å²) in [5.41, 5.74) is 6.82. The zero-order valence-electron chi connectivity index (χ0n) is 11.9. The molecule has 0 atom stereocenters. The van der Waals surface area contributed by atoms with Crippen LogP contribution in [0, 0.1) is 0 Å². The van der Waals surface area contributed by atoms with Gasteiger partial charge in [0.05, 0.1) is 0 Å². The number of amides is 1. The molecule has 21 heavy (non-hydrogen) atoms. The van der Waals surface area contributed by atoms with E-state index in [1.165, 1.54) is 16.6 Å². The Hall–Kier alpha value is -2.37. The molecule has 2 aromatic rings. The zero-order chi connectivity index (χ0) is 14.7. The smallest absolute Gasteiger partial charge is 0.244 e. The van der Waals surface area contributed by atoms with Crippen LogP contribution in [0.5, 0.6) is 0 Å². The summed E-state index contributed by atoms with van der Waals surface area (Å²) in [5, 5.41) is 3.94. The Morgan fingerprint density at radius 1 is 1.24 bits per heavy atom. The number of hydrogen-bond donors (Lipinski definition) is 1. The summed E-state index contributed by atoms with van der Waals surface area (Å²) in [6.07, 6.45) is 3.51. The van der Waals surface area contributed by atoms with Gasteiger partial charge >= 0.3 is 0 Å². The third kappa shape index (κ3) is 3.21. The predicted molar refractivity (Wildman–Crippen MR) is 79.4 cm³/mol. The van der Waals surface area contributed by atoms with Crippen LogP contribution in [-0.4, -0.2) is 38.7 Å². The van der Waals surface area contributed by atoms with Crippen LogP contribution in [0.1, 0.15) is 24.3 Å². The number of carbonyl (C=O) groups is 1. The summed E-state index contributed by atoms with van der Waals surface area (Å²) < 4.78 is 1.49. The molecule has 6 nitrogen and oxygen atoms in total. The van der Waals surface area contributed by atoms with E-state index in [9.17, 15) is 4.79 Å². The van der Waals surface area contributed by atoms with Gasteiger partial charge in [-0.25, -0.2) is 9.67 Å². The first-order valence-electron chi connectivity index (χ1n) is 7.20. The maximum atomic E-state index is 12.2. The Balaban J connectivity index is 1.54. The minimum absolute atomic E-state index is 0.0754. The number of anilines is 1. The van der Waals surface area contributed by atoms with Crippen molar-refractivity contribution >= 4 is 11.9 Å². The van der Waals surface area contributed by atoms with Crippen molar-refractivity contribution in [2.45, 2.75) is 25.3 Å². The lowest BCUT2D eigenvalue weighted by atomic mass is 9.89. The van der Waals surface area contributed by atoms with E-state index in [1.54, 1.807) is 0 Å². The molecular formula is C15H19N5O. The lowest BCUT2D eigenvalue weighted by Gasteiger charge is -2.32. The van der Waals surface area contributed by atoms with Gasteiger partial charge in [-0.1, -0.05) is 30.3 Å². The van der Waals surface area contributed by atoms with Crippen molar-refractivity contribution in [3.63, 3.8) is 0 Å². The number of aromatic nitrogens is 3. The molecule has 0 spiro atoms. The quantitative estimate of drug-likeness (QED) is 0.921. The van der Waals surface area contributed by atoms with Gasteiger partial charge in [0.15, 0.2) is 0 Å². The topological polar surface area (TPSA) is 77.0 Å². The van der Waals surface area contributed by atoms with Crippen LogP contribution in [0.25, 0.3) is 0 Å². The van der Waals surface area contributed by atoms with E-state index in [2.05, 4.69) is 34.3 Å². The number of nitrogen functional groups attached to an aromatic ring is 1. The second-order valence-electron chi connectivity index (χ2n) is 5.37. The van der Waals surface area contributed by atoms with E-state index in [-0.39, 0.29) is 18.4 Å². The van der Waals surface area contributed by atoms with Crippen molar-refractivity contribution in [2.75, 3.05) is 18.8 Å². The van der Waals surface area contributed by atoms with Gasteiger partial charge in [0.25, 0.3) is 0 Å². The van der Waals surface area contributed by atoms with E-state index >= 15 is 0 Å². The van der Waals surface area contributed by atoms with Gasteiger partial charge in [-0.15, -0.1) is 5.10 Å². The molecule has 0 aliphatic carbocycles. The van der Waals surface area contributed by atoms with Gasteiger partial charge in [-0.3, -0.25) is 4.79 Å². The first kappa shape index (κ1) is 13.6. The molecule has 3 rings (SSSR count). The number of rotatable bonds is 3. The van der Waals surface area contributed by atoms with Gasteiger partial charge in [0.2, 0.25) is 11.9 Å². The molecule has 110 valence electrons. The summed E-state index contributed by atoms with van der Waals surface area (Å²) in [5.74, 6) is 0.828. The molecular weight excluding hydrogens is 266 g/mol. The minimum atomic E-state index is 0.0754. The maximum Gasteiger partial charge on any atom is 0.244 e.